The van der Waals surface area contributed by atoms with E-state index >= 15 is 0 Å². The Bertz CT molecular complexity index is 546. The zero-order valence-corrected chi connectivity index (χ0v) is 11.4. The van der Waals surface area contributed by atoms with E-state index < -0.39 is 11.9 Å². The minimum Gasteiger partial charge on any atom is -0.370 e. The van der Waals surface area contributed by atoms with Gasteiger partial charge in [0.15, 0.2) is 5.96 Å². The van der Waals surface area contributed by atoms with Crippen molar-refractivity contribution in [2.45, 2.75) is 24.9 Å². The zero-order chi connectivity index (χ0) is 14.0. The first kappa shape index (κ1) is 13.7. The molecule has 0 bridgehead atoms. The standard InChI is InChI=1S/C14H15ClFN3/c1-3-13(11-7-4-9(15)8-12(11)16)18-14(17)19(2)10-5-6-10/h1,4,7-8,10,13H,5-6H2,2H3,(H2,17,18). The molecule has 0 amide bonds. The Morgan fingerprint density at radius 3 is 2.84 bits per heavy atom. The Labute approximate surface area is 117 Å². The van der Waals surface area contributed by atoms with E-state index in [9.17, 15) is 4.39 Å². The van der Waals surface area contributed by atoms with Gasteiger partial charge in [0, 0.05) is 23.7 Å². The molecule has 100 valence electrons. The van der Waals surface area contributed by atoms with Crippen molar-refractivity contribution in [2.24, 2.45) is 10.7 Å². The molecular formula is C14H15ClFN3. The lowest BCUT2D eigenvalue weighted by molar-refractivity contribution is 0.485. The van der Waals surface area contributed by atoms with Gasteiger partial charge in [-0.1, -0.05) is 23.6 Å². The highest BCUT2D eigenvalue weighted by Crippen LogP contribution is 2.27. The molecule has 0 spiro atoms. The van der Waals surface area contributed by atoms with Gasteiger partial charge in [0.1, 0.15) is 11.9 Å². The van der Waals surface area contributed by atoms with Crippen LogP contribution in [0.1, 0.15) is 24.4 Å². The van der Waals surface area contributed by atoms with E-state index in [2.05, 4.69) is 10.9 Å². The molecule has 2 N–H and O–H groups in total. The number of nitrogens with two attached hydrogens (primary N) is 1. The van der Waals surface area contributed by atoms with Crippen LogP contribution in [0.3, 0.4) is 0 Å². The Hall–Kier alpha value is -1.73. The van der Waals surface area contributed by atoms with Crippen LogP contribution in [0, 0.1) is 18.2 Å². The van der Waals surface area contributed by atoms with Gasteiger partial charge in [-0.05, 0) is 25.0 Å². The van der Waals surface area contributed by atoms with Gasteiger partial charge in [-0.25, -0.2) is 9.38 Å². The van der Waals surface area contributed by atoms with E-state index in [1.54, 1.807) is 6.07 Å². The van der Waals surface area contributed by atoms with Crippen molar-refractivity contribution in [1.29, 1.82) is 0 Å². The number of hydrogen-bond donors (Lipinski definition) is 1. The number of hydrogen-bond acceptors (Lipinski definition) is 1. The van der Waals surface area contributed by atoms with Gasteiger partial charge in [-0.2, -0.15) is 0 Å². The lowest BCUT2D eigenvalue weighted by Gasteiger charge is -2.18. The highest BCUT2D eigenvalue weighted by atomic mass is 35.5. The van der Waals surface area contributed by atoms with Crippen LogP contribution in [0.5, 0.6) is 0 Å². The average molecular weight is 280 g/mol. The fraction of sp³-hybridized carbons (Fsp3) is 0.357. The van der Waals surface area contributed by atoms with Crippen molar-refractivity contribution in [2.75, 3.05) is 7.05 Å². The van der Waals surface area contributed by atoms with E-state index in [0.29, 0.717) is 22.6 Å². The van der Waals surface area contributed by atoms with E-state index in [1.165, 1.54) is 12.1 Å². The molecule has 1 unspecified atom stereocenters. The van der Waals surface area contributed by atoms with Crippen LogP contribution in [0.25, 0.3) is 0 Å². The summed E-state index contributed by atoms with van der Waals surface area (Å²) < 4.78 is 13.8. The predicted octanol–water partition coefficient (Wildman–Crippen LogP) is 2.56. The first-order valence-electron chi connectivity index (χ1n) is 6.00. The van der Waals surface area contributed by atoms with Crippen molar-refractivity contribution in [3.05, 3.63) is 34.6 Å². The Morgan fingerprint density at radius 1 is 1.63 bits per heavy atom. The van der Waals surface area contributed by atoms with Crippen LogP contribution in [-0.2, 0) is 0 Å². The van der Waals surface area contributed by atoms with Crippen molar-refractivity contribution >= 4 is 17.6 Å². The van der Waals surface area contributed by atoms with Gasteiger partial charge in [0.05, 0.1) is 0 Å². The lowest BCUT2D eigenvalue weighted by atomic mass is 10.1. The monoisotopic (exact) mass is 279 g/mol. The van der Waals surface area contributed by atoms with Gasteiger partial charge in [0.2, 0.25) is 0 Å². The molecule has 0 radical (unpaired) electrons. The van der Waals surface area contributed by atoms with Crippen molar-refractivity contribution in [3.8, 4) is 12.3 Å². The van der Waals surface area contributed by atoms with Crippen LogP contribution in [0.2, 0.25) is 5.02 Å². The van der Waals surface area contributed by atoms with Gasteiger partial charge < -0.3 is 10.6 Å². The van der Waals surface area contributed by atoms with E-state index in [0.717, 1.165) is 12.8 Å². The van der Waals surface area contributed by atoms with Gasteiger partial charge in [-0.3, -0.25) is 0 Å². The molecule has 1 aliphatic carbocycles. The summed E-state index contributed by atoms with van der Waals surface area (Å²) in [5.41, 5.74) is 6.19. The van der Waals surface area contributed by atoms with E-state index in [1.807, 2.05) is 11.9 Å². The summed E-state index contributed by atoms with van der Waals surface area (Å²) in [6.45, 7) is 0. The fourth-order valence-electron chi connectivity index (χ4n) is 1.79. The lowest BCUT2D eigenvalue weighted by Crippen LogP contribution is -2.36. The average Bonchev–Trinajstić information content (AvgIpc) is 3.19. The molecular weight excluding hydrogens is 265 g/mol. The first-order chi connectivity index (χ1) is 9.02. The third-order valence-corrected chi connectivity index (χ3v) is 3.37. The Balaban J connectivity index is 2.24. The van der Waals surface area contributed by atoms with Gasteiger partial charge in [-0.15, -0.1) is 6.42 Å². The molecule has 1 atom stereocenters. The molecule has 19 heavy (non-hydrogen) atoms. The number of aliphatic imine (C=N–C) groups is 1. The minimum atomic E-state index is -0.738. The number of benzene rings is 1. The van der Waals surface area contributed by atoms with Crippen LogP contribution in [-0.4, -0.2) is 23.9 Å². The maximum absolute atomic E-state index is 13.8. The molecule has 1 aromatic carbocycles. The number of halogens is 2. The summed E-state index contributed by atoms with van der Waals surface area (Å²) in [4.78, 5) is 6.09. The number of guanidine groups is 1. The zero-order valence-electron chi connectivity index (χ0n) is 10.6. The second kappa shape index (κ2) is 5.50. The summed E-state index contributed by atoms with van der Waals surface area (Å²) in [6.07, 6.45) is 7.62. The largest absolute Gasteiger partial charge is 0.370 e. The van der Waals surface area contributed by atoms with Crippen LogP contribution < -0.4 is 5.73 Å². The number of terminal acetylenes is 1. The molecule has 2 rings (SSSR count). The molecule has 1 aromatic rings. The van der Waals surface area contributed by atoms with Crippen LogP contribution >= 0.6 is 11.6 Å². The summed E-state index contributed by atoms with van der Waals surface area (Å²) in [5.74, 6) is 2.31. The van der Waals surface area contributed by atoms with Crippen molar-refractivity contribution in [3.63, 3.8) is 0 Å². The normalized spacial score (nSPS) is 16.8. The molecule has 0 aliphatic heterocycles. The smallest absolute Gasteiger partial charge is 0.192 e. The predicted molar refractivity (Wildman–Crippen MR) is 75.4 cm³/mol. The second-order valence-corrected chi connectivity index (χ2v) is 5.00. The van der Waals surface area contributed by atoms with E-state index in [-0.39, 0.29) is 0 Å². The Morgan fingerprint density at radius 2 is 2.32 bits per heavy atom. The summed E-state index contributed by atoms with van der Waals surface area (Å²) in [6, 6.07) is 4.03. The highest BCUT2D eigenvalue weighted by Gasteiger charge is 2.28. The second-order valence-electron chi connectivity index (χ2n) is 4.56. The maximum Gasteiger partial charge on any atom is 0.192 e. The van der Waals surface area contributed by atoms with Crippen molar-refractivity contribution < 1.29 is 4.39 Å². The van der Waals surface area contributed by atoms with Gasteiger partial charge in [0.25, 0.3) is 0 Å². The number of nitrogens with zero attached hydrogens (tertiary/aromatic N) is 2. The third-order valence-electron chi connectivity index (χ3n) is 3.13. The first-order valence-corrected chi connectivity index (χ1v) is 6.38. The van der Waals surface area contributed by atoms with E-state index in [4.69, 9.17) is 23.8 Å². The van der Waals surface area contributed by atoms with Gasteiger partial charge >= 0.3 is 0 Å². The third kappa shape index (κ3) is 3.18. The molecule has 1 aliphatic rings. The molecule has 1 fully saturated rings. The molecule has 0 heterocycles. The molecule has 0 saturated heterocycles. The maximum atomic E-state index is 13.8. The summed E-state index contributed by atoms with van der Waals surface area (Å²) in [7, 11) is 1.86. The number of rotatable bonds is 3. The summed E-state index contributed by atoms with van der Waals surface area (Å²) in [5, 5.41) is 0.323. The van der Waals surface area contributed by atoms with Crippen LogP contribution in [0.4, 0.5) is 4.39 Å². The topological polar surface area (TPSA) is 41.6 Å². The quantitative estimate of drug-likeness (QED) is 0.525. The molecule has 1 saturated carbocycles. The molecule has 5 heteroatoms. The summed E-state index contributed by atoms with van der Waals surface area (Å²) >= 11 is 5.71. The Kier molecular flexibility index (Phi) is 3.96. The fourth-order valence-corrected chi connectivity index (χ4v) is 1.95. The molecule has 0 aromatic heterocycles. The van der Waals surface area contributed by atoms with Crippen molar-refractivity contribution in [1.82, 2.24) is 4.90 Å². The minimum absolute atomic E-state index is 0.305. The highest BCUT2D eigenvalue weighted by molar-refractivity contribution is 6.30. The molecule has 3 nitrogen and oxygen atoms in total. The SMILES string of the molecule is C#CC(N=C(N)N(C)C1CC1)c1ccc(Cl)cc1F. The van der Waals surface area contributed by atoms with Crippen LogP contribution in [0.15, 0.2) is 23.2 Å².